The Morgan fingerprint density at radius 3 is 2.43 bits per heavy atom. The summed E-state index contributed by atoms with van der Waals surface area (Å²) in [6, 6.07) is 14.1. The van der Waals surface area contributed by atoms with Crippen LogP contribution in [-0.2, 0) is 0 Å². The van der Waals surface area contributed by atoms with E-state index in [0.29, 0.717) is 23.7 Å². The molecule has 0 aromatic heterocycles. The van der Waals surface area contributed by atoms with E-state index in [0.717, 1.165) is 5.75 Å². The minimum atomic E-state index is -0.330. The van der Waals surface area contributed by atoms with E-state index in [4.69, 9.17) is 9.47 Å². The lowest BCUT2D eigenvalue weighted by molar-refractivity contribution is 0.262. The Labute approximate surface area is 123 Å². The molecule has 0 heterocycles. The highest BCUT2D eigenvalue weighted by Crippen LogP contribution is 2.23. The maximum absolute atomic E-state index is 12.0. The van der Waals surface area contributed by atoms with Crippen LogP contribution in [0.1, 0.15) is 6.92 Å². The molecule has 0 radical (unpaired) electrons. The number of carbonyl (C=O) groups is 1. The van der Waals surface area contributed by atoms with Crippen molar-refractivity contribution in [3.05, 3.63) is 48.5 Å². The molecular weight excluding hydrogens is 268 g/mol. The van der Waals surface area contributed by atoms with Gasteiger partial charge in [0.15, 0.2) is 0 Å². The van der Waals surface area contributed by atoms with Crippen LogP contribution in [0.15, 0.2) is 48.5 Å². The minimum Gasteiger partial charge on any atom is -0.495 e. The third-order valence-corrected chi connectivity index (χ3v) is 2.78. The number of methoxy groups -OCH3 is 1. The van der Waals surface area contributed by atoms with Crippen molar-refractivity contribution in [2.75, 3.05) is 24.4 Å². The van der Waals surface area contributed by atoms with Gasteiger partial charge in [-0.1, -0.05) is 12.1 Å². The number of benzene rings is 2. The van der Waals surface area contributed by atoms with Crippen LogP contribution in [0.4, 0.5) is 16.2 Å². The molecule has 0 bridgehead atoms. The number of anilines is 2. The van der Waals surface area contributed by atoms with Crippen LogP contribution in [0.3, 0.4) is 0 Å². The Bertz CT molecular complexity index is 597. The van der Waals surface area contributed by atoms with Crippen molar-refractivity contribution < 1.29 is 14.3 Å². The standard InChI is InChI=1S/C16H18N2O3/c1-3-21-13-10-8-12(9-11-13)17-16(19)18-14-6-4-5-7-15(14)20-2/h4-11H,3H2,1-2H3,(H2,17,18,19). The van der Waals surface area contributed by atoms with E-state index >= 15 is 0 Å². The van der Waals surface area contributed by atoms with Crippen molar-refractivity contribution in [3.8, 4) is 11.5 Å². The maximum Gasteiger partial charge on any atom is 0.323 e. The van der Waals surface area contributed by atoms with E-state index in [1.54, 1.807) is 31.4 Å². The lowest BCUT2D eigenvalue weighted by atomic mass is 10.3. The van der Waals surface area contributed by atoms with Crippen LogP contribution in [0.5, 0.6) is 11.5 Å². The predicted molar refractivity (Wildman–Crippen MR) is 83.2 cm³/mol. The number of urea groups is 1. The molecule has 0 unspecified atom stereocenters. The van der Waals surface area contributed by atoms with Gasteiger partial charge in [-0.15, -0.1) is 0 Å². The number of para-hydroxylation sites is 2. The van der Waals surface area contributed by atoms with Gasteiger partial charge in [-0.25, -0.2) is 4.79 Å². The molecule has 21 heavy (non-hydrogen) atoms. The fourth-order valence-electron chi connectivity index (χ4n) is 1.83. The number of amides is 2. The summed E-state index contributed by atoms with van der Waals surface area (Å²) in [4.78, 5) is 12.0. The zero-order valence-electron chi connectivity index (χ0n) is 12.1. The van der Waals surface area contributed by atoms with Crippen LogP contribution in [-0.4, -0.2) is 19.7 Å². The molecule has 0 saturated heterocycles. The Morgan fingerprint density at radius 2 is 1.76 bits per heavy atom. The fourth-order valence-corrected chi connectivity index (χ4v) is 1.83. The van der Waals surface area contributed by atoms with Crippen LogP contribution < -0.4 is 20.1 Å². The number of hydrogen-bond acceptors (Lipinski definition) is 3. The molecule has 2 rings (SSSR count). The summed E-state index contributed by atoms with van der Waals surface area (Å²) < 4.78 is 10.5. The number of hydrogen-bond donors (Lipinski definition) is 2. The van der Waals surface area contributed by atoms with E-state index in [1.165, 1.54) is 0 Å². The summed E-state index contributed by atoms with van der Waals surface area (Å²) in [5.41, 5.74) is 1.30. The Morgan fingerprint density at radius 1 is 1.05 bits per heavy atom. The normalized spacial score (nSPS) is 9.81. The number of ether oxygens (including phenoxy) is 2. The smallest absolute Gasteiger partial charge is 0.323 e. The Hall–Kier alpha value is -2.69. The second-order valence-electron chi connectivity index (χ2n) is 4.24. The minimum absolute atomic E-state index is 0.330. The first-order valence-corrected chi connectivity index (χ1v) is 6.67. The van der Waals surface area contributed by atoms with Gasteiger partial charge in [-0.05, 0) is 43.3 Å². The summed E-state index contributed by atoms with van der Waals surface area (Å²) in [5, 5.41) is 5.49. The number of nitrogens with one attached hydrogen (secondary N) is 2. The van der Waals surface area contributed by atoms with Gasteiger partial charge in [0.25, 0.3) is 0 Å². The SMILES string of the molecule is CCOc1ccc(NC(=O)Nc2ccccc2OC)cc1. The number of carbonyl (C=O) groups excluding carboxylic acids is 1. The first kappa shape index (κ1) is 14.7. The van der Waals surface area contributed by atoms with Gasteiger partial charge in [0.1, 0.15) is 11.5 Å². The van der Waals surface area contributed by atoms with Crippen molar-refractivity contribution in [1.29, 1.82) is 0 Å². The molecule has 2 N–H and O–H groups in total. The monoisotopic (exact) mass is 286 g/mol. The van der Waals surface area contributed by atoms with Crippen LogP contribution >= 0.6 is 0 Å². The second kappa shape index (κ2) is 7.19. The zero-order chi connectivity index (χ0) is 15.1. The molecule has 0 aliphatic rings. The molecular formula is C16H18N2O3. The highest BCUT2D eigenvalue weighted by Gasteiger charge is 2.06. The molecule has 2 aromatic rings. The maximum atomic E-state index is 12.0. The van der Waals surface area contributed by atoms with Gasteiger partial charge in [0.2, 0.25) is 0 Å². The third-order valence-electron chi connectivity index (χ3n) is 2.78. The molecule has 0 aliphatic heterocycles. The van der Waals surface area contributed by atoms with E-state index in [-0.39, 0.29) is 6.03 Å². The van der Waals surface area contributed by atoms with Gasteiger partial charge in [-0.3, -0.25) is 0 Å². The lowest BCUT2D eigenvalue weighted by Gasteiger charge is -2.11. The highest BCUT2D eigenvalue weighted by atomic mass is 16.5. The van der Waals surface area contributed by atoms with Gasteiger partial charge < -0.3 is 20.1 Å². The van der Waals surface area contributed by atoms with Gasteiger partial charge in [0.05, 0.1) is 19.4 Å². The fraction of sp³-hybridized carbons (Fsp3) is 0.188. The van der Waals surface area contributed by atoms with Crippen molar-refractivity contribution in [2.24, 2.45) is 0 Å². The van der Waals surface area contributed by atoms with E-state index in [2.05, 4.69) is 10.6 Å². The molecule has 0 spiro atoms. The second-order valence-corrected chi connectivity index (χ2v) is 4.24. The molecule has 0 aliphatic carbocycles. The van der Waals surface area contributed by atoms with Crippen molar-refractivity contribution >= 4 is 17.4 Å². The molecule has 2 aromatic carbocycles. The van der Waals surface area contributed by atoms with Crippen molar-refractivity contribution in [3.63, 3.8) is 0 Å². The quantitative estimate of drug-likeness (QED) is 0.880. The first-order chi connectivity index (χ1) is 10.2. The summed E-state index contributed by atoms with van der Waals surface area (Å²) in [6.07, 6.45) is 0. The topological polar surface area (TPSA) is 59.6 Å². The van der Waals surface area contributed by atoms with E-state index in [9.17, 15) is 4.79 Å². The molecule has 0 saturated carbocycles. The van der Waals surface area contributed by atoms with Crippen molar-refractivity contribution in [2.45, 2.75) is 6.92 Å². The summed E-state index contributed by atoms with van der Waals surface area (Å²) in [7, 11) is 1.56. The molecule has 2 amide bonds. The van der Waals surface area contributed by atoms with Crippen LogP contribution in [0, 0.1) is 0 Å². The Balaban J connectivity index is 1.98. The Kier molecular flexibility index (Phi) is 5.04. The summed E-state index contributed by atoms with van der Waals surface area (Å²) in [6.45, 7) is 2.54. The van der Waals surface area contributed by atoms with Gasteiger partial charge in [0, 0.05) is 5.69 Å². The zero-order valence-corrected chi connectivity index (χ0v) is 12.1. The summed E-state index contributed by atoms with van der Waals surface area (Å²) >= 11 is 0. The predicted octanol–water partition coefficient (Wildman–Crippen LogP) is 3.74. The molecule has 110 valence electrons. The molecule has 0 fully saturated rings. The van der Waals surface area contributed by atoms with E-state index < -0.39 is 0 Å². The first-order valence-electron chi connectivity index (χ1n) is 6.67. The number of rotatable bonds is 5. The molecule has 0 atom stereocenters. The molecule has 5 heteroatoms. The molecule has 5 nitrogen and oxygen atoms in total. The van der Waals surface area contributed by atoms with Crippen LogP contribution in [0.25, 0.3) is 0 Å². The van der Waals surface area contributed by atoms with Crippen LogP contribution in [0.2, 0.25) is 0 Å². The van der Waals surface area contributed by atoms with E-state index in [1.807, 2.05) is 31.2 Å². The largest absolute Gasteiger partial charge is 0.495 e. The summed E-state index contributed by atoms with van der Waals surface area (Å²) in [5.74, 6) is 1.38. The average molecular weight is 286 g/mol. The lowest BCUT2D eigenvalue weighted by Crippen LogP contribution is -2.19. The third kappa shape index (κ3) is 4.14. The van der Waals surface area contributed by atoms with Gasteiger partial charge in [-0.2, -0.15) is 0 Å². The van der Waals surface area contributed by atoms with Gasteiger partial charge >= 0.3 is 6.03 Å². The van der Waals surface area contributed by atoms with Crippen molar-refractivity contribution in [1.82, 2.24) is 0 Å². The average Bonchev–Trinajstić information content (AvgIpc) is 2.50. The highest BCUT2D eigenvalue weighted by molar-refractivity contribution is 6.00.